The van der Waals surface area contributed by atoms with Crippen molar-refractivity contribution in [3.63, 3.8) is 0 Å². The molecule has 4 heteroatoms. The normalized spacial score (nSPS) is 21.7. The lowest BCUT2D eigenvalue weighted by atomic mass is 9.98. The van der Waals surface area contributed by atoms with E-state index in [9.17, 15) is 0 Å². The van der Waals surface area contributed by atoms with Crippen LogP contribution < -0.4 is 10.6 Å². The first-order valence-corrected chi connectivity index (χ1v) is 6.15. The molecule has 1 aromatic rings. The van der Waals surface area contributed by atoms with Crippen LogP contribution in [0.15, 0.2) is 22.8 Å². The van der Waals surface area contributed by atoms with E-state index in [0.717, 1.165) is 29.9 Å². The van der Waals surface area contributed by atoms with Gasteiger partial charge in [-0.15, -0.1) is 0 Å². The van der Waals surface area contributed by atoms with E-state index in [1.165, 1.54) is 12.8 Å². The number of rotatable bonds is 2. The molecular formula is C11H16BrN3. The zero-order valence-electron chi connectivity index (χ0n) is 8.69. The Morgan fingerprint density at radius 1 is 1.53 bits per heavy atom. The van der Waals surface area contributed by atoms with Crippen LogP contribution in [0.4, 0.5) is 5.82 Å². The second-order valence-corrected chi connectivity index (χ2v) is 4.94. The lowest BCUT2D eigenvalue weighted by Gasteiger charge is -2.32. The minimum atomic E-state index is 0.629. The average Bonchev–Trinajstić information content (AvgIpc) is 2.30. The molecule has 15 heavy (non-hydrogen) atoms. The molecule has 1 aliphatic heterocycles. The van der Waals surface area contributed by atoms with E-state index in [-0.39, 0.29) is 0 Å². The molecule has 1 saturated heterocycles. The van der Waals surface area contributed by atoms with Crippen molar-refractivity contribution in [1.29, 1.82) is 0 Å². The minimum absolute atomic E-state index is 0.629. The molecule has 1 aliphatic rings. The fraction of sp³-hybridized carbons (Fsp3) is 0.545. The second kappa shape index (κ2) is 4.94. The van der Waals surface area contributed by atoms with Gasteiger partial charge in [0.1, 0.15) is 5.82 Å². The first-order valence-electron chi connectivity index (χ1n) is 5.36. The summed E-state index contributed by atoms with van der Waals surface area (Å²) in [4.78, 5) is 6.74. The van der Waals surface area contributed by atoms with Crippen molar-refractivity contribution in [2.45, 2.75) is 12.8 Å². The number of piperidine rings is 1. The minimum Gasteiger partial charge on any atom is -0.356 e. The van der Waals surface area contributed by atoms with Gasteiger partial charge in [0.05, 0.1) is 0 Å². The molecule has 2 N–H and O–H groups in total. The van der Waals surface area contributed by atoms with Gasteiger partial charge in [0, 0.05) is 23.8 Å². The summed E-state index contributed by atoms with van der Waals surface area (Å²) < 4.78 is 1.03. The molecule has 0 amide bonds. The summed E-state index contributed by atoms with van der Waals surface area (Å²) in [7, 11) is 0. The van der Waals surface area contributed by atoms with Gasteiger partial charge in [0.15, 0.2) is 0 Å². The van der Waals surface area contributed by atoms with Gasteiger partial charge in [-0.05, 0) is 53.4 Å². The lowest BCUT2D eigenvalue weighted by molar-refractivity contribution is 0.421. The van der Waals surface area contributed by atoms with Crippen molar-refractivity contribution in [2.75, 3.05) is 24.5 Å². The highest BCUT2D eigenvalue weighted by Crippen LogP contribution is 2.21. The molecule has 2 rings (SSSR count). The summed E-state index contributed by atoms with van der Waals surface area (Å²) in [6.07, 6.45) is 4.32. The smallest absolute Gasteiger partial charge is 0.128 e. The van der Waals surface area contributed by atoms with Crippen LogP contribution in [-0.2, 0) is 0 Å². The van der Waals surface area contributed by atoms with Crippen molar-refractivity contribution in [3.8, 4) is 0 Å². The third-order valence-corrected chi connectivity index (χ3v) is 3.36. The average molecular weight is 270 g/mol. The highest BCUT2D eigenvalue weighted by atomic mass is 79.9. The van der Waals surface area contributed by atoms with Crippen molar-refractivity contribution in [1.82, 2.24) is 4.98 Å². The molecule has 2 heterocycles. The van der Waals surface area contributed by atoms with E-state index >= 15 is 0 Å². The molecule has 1 atom stereocenters. The van der Waals surface area contributed by atoms with Crippen molar-refractivity contribution in [3.05, 3.63) is 22.8 Å². The van der Waals surface area contributed by atoms with E-state index in [0.29, 0.717) is 5.92 Å². The third-order valence-electron chi connectivity index (χ3n) is 2.89. The zero-order valence-corrected chi connectivity index (χ0v) is 10.3. The van der Waals surface area contributed by atoms with Crippen molar-refractivity contribution < 1.29 is 0 Å². The number of pyridine rings is 1. The van der Waals surface area contributed by atoms with E-state index in [4.69, 9.17) is 5.73 Å². The van der Waals surface area contributed by atoms with Gasteiger partial charge in [-0.25, -0.2) is 4.98 Å². The fourth-order valence-electron chi connectivity index (χ4n) is 2.02. The third kappa shape index (κ3) is 2.69. The van der Waals surface area contributed by atoms with Crippen molar-refractivity contribution in [2.24, 2.45) is 11.7 Å². The predicted octanol–water partition coefficient (Wildman–Crippen LogP) is 2.02. The Bertz CT molecular complexity index is 312. The summed E-state index contributed by atoms with van der Waals surface area (Å²) in [6, 6.07) is 4.09. The van der Waals surface area contributed by atoms with Crippen molar-refractivity contribution >= 4 is 21.7 Å². The molecule has 0 bridgehead atoms. The predicted molar refractivity (Wildman–Crippen MR) is 65.9 cm³/mol. The summed E-state index contributed by atoms with van der Waals surface area (Å²) in [5, 5.41) is 0. The van der Waals surface area contributed by atoms with E-state index in [1.807, 2.05) is 12.3 Å². The molecule has 0 aliphatic carbocycles. The molecule has 82 valence electrons. The van der Waals surface area contributed by atoms with Gasteiger partial charge < -0.3 is 10.6 Å². The van der Waals surface area contributed by atoms with E-state index in [1.54, 1.807) is 0 Å². The number of nitrogens with two attached hydrogens (primary N) is 1. The monoisotopic (exact) mass is 269 g/mol. The van der Waals surface area contributed by atoms with Crippen LogP contribution >= 0.6 is 15.9 Å². The molecule has 1 fully saturated rings. The maximum absolute atomic E-state index is 5.71. The van der Waals surface area contributed by atoms with Crippen LogP contribution in [0.3, 0.4) is 0 Å². The Morgan fingerprint density at radius 3 is 3.07 bits per heavy atom. The van der Waals surface area contributed by atoms with Crippen LogP contribution in [-0.4, -0.2) is 24.6 Å². The Balaban J connectivity index is 2.06. The molecule has 0 aromatic carbocycles. The summed E-state index contributed by atoms with van der Waals surface area (Å²) in [5.41, 5.74) is 5.71. The van der Waals surface area contributed by atoms with Gasteiger partial charge in [-0.1, -0.05) is 0 Å². The number of nitrogens with zero attached hydrogens (tertiary/aromatic N) is 2. The largest absolute Gasteiger partial charge is 0.356 e. The van der Waals surface area contributed by atoms with E-state index in [2.05, 4.69) is 31.9 Å². The summed E-state index contributed by atoms with van der Waals surface area (Å²) in [5.74, 6) is 1.69. The second-order valence-electron chi connectivity index (χ2n) is 4.02. The van der Waals surface area contributed by atoms with E-state index < -0.39 is 0 Å². The van der Waals surface area contributed by atoms with Crippen LogP contribution in [0, 0.1) is 5.92 Å². The van der Waals surface area contributed by atoms with Gasteiger partial charge in [-0.3, -0.25) is 0 Å². The molecule has 3 nitrogen and oxygen atoms in total. The summed E-state index contributed by atoms with van der Waals surface area (Å²) in [6.45, 7) is 2.93. The molecular weight excluding hydrogens is 254 g/mol. The fourth-order valence-corrected chi connectivity index (χ4v) is 2.26. The van der Waals surface area contributed by atoms with Gasteiger partial charge in [-0.2, -0.15) is 0 Å². The highest BCUT2D eigenvalue weighted by Gasteiger charge is 2.19. The van der Waals surface area contributed by atoms with Gasteiger partial charge >= 0.3 is 0 Å². The molecule has 1 aromatic heterocycles. The Morgan fingerprint density at radius 2 is 2.40 bits per heavy atom. The Kier molecular flexibility index (Phi) is 3.59. The zero-order chi connectivity index (χ0) is 10.7. The number of hydrogen-bond acceptors (Lipinski definition) is 3. The Hall–Kier alpha value is -0.610. The highest BCUT2D eigenvalue weighted by molar-refractivity contribution is 9.10. The first-order chi connectivity index (χ1) is 7.29. The number of aromatic nitrogens is 1. The van der Waals surface area contributed by atoms with Crippen LogP contribution in [0.5, 0.6) is 0 Å². The quantitative estimate of drug-likeness (QED) is 0.894. The van der Waals surface area contributed by atoms with Gasteiger partial charge in [0.2, 0.25) is 0 Å². The number of halogens is 1. The maximum atomic E-state index is 5.71. The SMILES string of the molecule is NC[C@@H]1CCCN(c2ccc(Br)cn2)C1. The number of hydrogen-bond donors (Lipinski definition) is 1. The first kappa shape index (κ1) is 10.9. The van der Waals surface area contributed by atoms with Crippen LogP contribution in [0.25, 0.3) is 0 Å². The topological polar surface area (TPSA) is 42.1 Å². The van der Waals surface area contributed by atoms with Crippen LogP contribution in [0.2, 0.25) is 0 Å². The standard InChI is InChI=1S/C11H16BrN3/c12-10-3-4-11(14-7-10)15-5-1-2-9(6-13)8-15/h3-4,7,9H,1-2,5-6,8,13H2/t9-/m0/s1. The van der Waals surface area contributed by atoms with Crippen LogP contribution in [0.1, 0.15) is 12.8 Å². The summed E-state index contributed by atoms with van der Waals surface area (Å²) >= 11 is 3.39. The molecule has 0 radical (unpaired) electrons. The maximum Gasteiger partial charge on any atom is 0.128 e. The number of anilines is 1. The molecule has 0 saturated carbocycles. The van der Waals surface area contributed by atoms with Gasteiger partial charge in [0.25, 0.3) is 0 Å². The molecule has 0 spiro atoms. The molecule has 0 unspecified atom stereocenters. The Labute approximate surface area is 98.8 Å². The lowest BCUT2D eigenvalue weighted by Crippen LogP contribution is -2.38.